The van der Waals surface area contributed by atoms with Crippen LogP contribution in [0.25, 0.3) is 11.1 Å². The number of carboxylic acid groups (broad SMARTS) is 1. The van der Waals surface area contributed by atoms with Gasteiger partial charge in [-0.25, -0.2) is 9.59 Å². The first-order chi connectivity index (χ1) is 16.6. The van der Waals surface area contributed by atoms with Gasteiger partial charge < -0.3 is 25.2 Å². The molecule has 3 rings (SSSR count). The van der Waals surface area contributed by atoms with Crippen molar-refractivity contribution in [2.75, 3.05) is 20.3 Å². The second-order valence-corrected chi connectivity index (χ2v) is 9.97. The standard InChI is InChI=1S/C27H34N2O6/c1-27(2,3)15-23(25(31)32)28-24(30)22(13-14-34-4)29-26(33)35-16-21-19-11-7-5-9-17(19)18-10-6-8-12-20(18)21/h5-12,21-23H,13-16H2,1-4H3,(H,28,30)(H,29,33)(H,31,32). The number of hydrogen-bond donors (Lipinski definition) is 3. The van der Waals surface area contributed by atoms with Crippen molar-refractivity contribution in [3.8, 4) is 11.1 Å². The Balaban J connectivity index is 1.66. The third kappa shape index (κ3) is 6.82. The minimum Gasteiger partial charge on any atom is -0.480 e. The zero-order chi connectivity index (χ0) is 25.6. The Morgan fingerprint density at radius 1 is 0.943 bits per heavy atom. The van der Waals surface area contributed by atoms with Crippen LogP contribution < -0.4 is 10.6 Å². The van der Waals surface area contributed by atoms with Crippen molar-refractivity contribution < 1.29 is 29.0 Å². The van der Waals surface area contributed by atoms with E-state index in [4.69, 9.17) is 9.47 Å². The van der Waals surface area contributed by atoms with E-state index >= 15 is 0 Å². The predicted octanol–water partition coefficient (Wildman–Crippen LogP) is 3.94. The molecule has 2 amide bonds. The highest BCUT2D eigenvalue weighted by molar-refractivity contribution is 5.89. The van der Waals surface area contributed by atoms with Crippen molar-refractivity contribution in [3.05, 3.63) is 59.7 Å². The van der Waals surface area contributed by atoms with Gasteiger partial charge in [0, 0.05) is 26.1 Å². The number of fused-ring (bicyclic) bond motifs is 3. The first kappa shape index (κ1) is 26.2. The van der Waals surface area contributed by atoms with Gasteiger partial charge in [0.1, 0.15) is 18.7 Å². The lowest BCUT2D eigenvalue weighted by Gasteiger charge is -2.26. The van der Waals surface area contributed by atoms with Crippen molar-refractivity contribution in [2.24, 2.45) is 5.41 Å². The Kier molecular flexibility index (Phi) is 8.51. The van der Waals surface area contributed by atoms with E-state index in [0.29, 0.717) is 0 Å². The molecular formula is C27H34N2O6. The molecule has 0 aromatic heterocycles. The summed E-state index contributed by atoms with van der Waals surface area (Å²) in [5.74, 6) is -1.82. The van der Waals surface area contributed by atoms with Crippen LogP contribution in [0.4, 0.5) is 4.79 Å². The Hall–Kier alpha value is -3.39. The van der Waals surface area contributed by atoms with Gasteiger partial charge in [-0.2, -0.15) is 0 Å². The fourth-order valence-corrected chi connectivity index (χ4v) is 4.37. The van der Waals surface area contributed by atoms with Crippen LogP contribution in [0.3, 0.4) is 0 Å². The summed E-state index contributed by atoms with van der Waals surface area (Å²) in [7, 11) is 1.49. The maximum absolute atomic E-state index is 12.9. The molecule has 0 radical (unpaired) electrons. The zero-order valence-electron chi connectivity index (χ0n) is 20.7. The summed E-state index contributed by atoms with van der Waals surface area (Å²) in [6.45, 7) is 6.00. The fraction of sp³-hybridized carbons (Fsp3) is 0.444. The van der Waals surface area contributed by atoms with Crippen LogP contribution in [-0.2, 0) is 19.1 Å². The Morgan fingerprint density at radius 2 is 1.51 bits per heavy atom. The molecule has 0 fully saturated rings. The van der Waals surface area contributed by atoms with Gasteiger partial charge in [0.25, 0.3) is 0 Å². The molecule has 0 spiro atoms. The molecule has 3 N–H and O–H groups in total. The number of carbonyl (C=O) groups is 3. The normalized spacial score (nSPS) is 14.4. The molecule has 1 aliphatic rings. The zero-order valence-corrected chi connectivity index (χ0v) is 20.7. The minimum atomic E-state index is -1.13. The Morgan fingerprint density at radius 3 is 2.03 bits per heavy atom. The number of benzene rings is 2. The number of methoxy groups -OCH3 is 1. The summed E-state index contributed by atoms with van der Waals surface area (Å²) in [5.41, 5.74) is 4.10. The molecule has 2 aromatic rings. The lowest BCUT2D eigenvalue weighted by atomic mass is 9.88. The van der Waals surface area contributed by atoms with E-state index in [1.807, 2.05) is 57.2 Å². The van der Waals surface area contributed by atoms with Crippen LogP contribution in [0.15, 0.2) is 48.5 Å². The van der Waals surface area contributed by atoms with E-state index in [2.05, 4.69) is 22.8 Å². The van der Waals surface area contributed by atoms with E-state index in [9.17, 15) is 19.5 Å². The number of alkyl carbamates (subject to hydrolysis) is 1. The number of amides is 2. The lowest BCUT2D eigenvalue weighted by molar-refractivity contribution is -0.143. The molecule has 35 heavy (non-hydrogen) atoms. The molecule has 0 saturated heterocycles. The highest BCUT2D eigenvalue weighted by Crippen LogP contribution is 2.44. The first-order valence-electron chi connectivity index (χ1n) is 11.7. The van der Waals surface area contributed by atoms with Gasteiger partial charge in [-0.05, 0) is 34.1 Å². The van der Waals surface area contributed by atoms with Gasteiger partial charge in [0.15, 0.2) is 0 Å². The van der Waals surface area contributed by atoms with Gasteiger partial charge in [-0.3, -0.25) is 4.79 Å². The molecule has 8 nitrogen and oxygen atoms in total. The van der Waals surface area contributed by atoms with Crippen LogP contribution >= 0.6 is 0 Å². The number of rotatable bonds is 10. The topological polar surface area (TPSA) is 114 Å². The summed E-state index contributed by atoms with van der Waals surface area (Å²) in [5, 5.41) is 14.7. The Bertz CT molecular complexity index is 1020. The summed E-state index contributed by atoms with van der Waals surface area (Å²) in [4.78, 5) is 37.2. The van der Waals surface area contributed by atoms with E-state index < -0.39 is 30.1 Å². The molecule has 2 atom stereocenters. The third-order valence-electron chi connectivity index (χ3n) is 5.99. The second kappa shape index (κ2) is 11.4. The molecular weight excluding hydrogens is 448 g/mol. The van der Waals surface area contributed by atoms with E-state index in [0.717, 1.165) is 22.3 Å². The average Bonchev–Trinajstić information content (AvgIpc) is 3.12. The van der Waals surface area contributed by atoms with Crippen molar-refractivity contribution in [2.45, 2.75) is 51.6 Å². The van der Waals surface area contributed by atoms with Crippen molar-refractivity contribution in [1.82, 2.24) is 10.6 Å². The fourth-order valence-electron chi connectivity index (χ4n) is 4.37. The van der Waals surface area contributed by atoms with E-state index in [1.165, 1.54) is 7.11 Å². The summed E-state index contributed by atoms with van der Waals surface area (Å²) in [6.07, 6.45) is -0.324. The molecule has 2 unspecified atom stereocenters. The second-order valence-electron chi connectivity index (χ2n) is 9.97. The molecule has 2 aromatic carbocycles. The number of ether oxygens (including phenoxy) is 2. The maximum atomic E-state index is 12.9. The highest BCUT2D eigenvalue weighted by Gasteiger charge is 2.31. The molecule has 1 aliphatic carbocycles. The van der Waals surface area contributed by atoms with E-state index in [-0.39, 0.29) is 37.4 Å². The SMILES string of the molecule is COCCC(NC(=O)OCC1c2ccccc2-c2ccccc21)C(=O)NC(CC(C)(C)C)C(=O)O. The van der Waals surface area contributed by atoms with Gasteiger partial charge >= 0.3 is 12.1 Å². The van der Waals surface area contributed by atoms with Crippen LogP contribution in [0, 0.1) is 5.41 Å². The number of aliphatic carboxylic acids is 1. The van der Waals surface area contributed by atoms with Gasteiger partial charge in [0.05, 0.1) is 0 Å². The lowest BCUT2D eigenvalue weighted by Crippen LogP contribution is -2.52. The third-order valence-corrected chi connectivity index (χ3v) is 5.99. The molecule has 0 bridgehead atoms. The first-order valence-corrected chi connectivity index (χ1v) is 11.7. The van der Waals surface area contributed by atoms with Gasteiger partial charge in [0.2, 0.25) is 5.91 Å². The predicted molar refractivity (Wildman–Crippen MR) is 132 cm³/mol. The number of nitrogens with one attached hydrogen (secondary N) is 2. The number of carbonyl (C=O) groups excluding carboxylic acids is 2. The van der Waals surface area contributed by atoms with Crippen molar-refractivity contribution in [1.29, 1.82) is 0 Å². The minimum absolute atomic E-state index is 0.109. The number of hydrogen-bond acceptors (Lipinski definition) is 5. The molecule has 8 heteroatoms. The molecule has 188 valence electrons. The largest absolute Gasteiger partial charge is 0.480 e. The van der Waals surface area contributed by atoms with Gasteiger partial charge in [-0.1, -0.05) is 69.3 Å². The summed E-state index contributed by atoms with van der Waals surface area (Å²) < 4.78 is 10.6. The highest BCUT2D eigenvalue weighted by atomic mass is 16.5. The van der Waals surface area contributed by atoms with Crippen LogP contribution in [-0.4, -0.2) is 55.5 Å². The van der Waals surface area contributed by atoms with E-state index in [1.54, 1.807) is 0 Å². The number of carboxylic acids is 1. The van der Waals surface area contributed by atoms with Crippen LogP contribution in [0.5, 0.6) is 0 Å². The quantitative estimate of drug-likeness (QED) is 0.473. The maximum Gasteiger partial charge on any atom is 0.407 e. The van der Waals surface area contributed by atoms with Crippen molar-refractivity contribution in [3.63, 3.8) is 0 Å². The van der Waals surface area contributed by atoms with Gasteiger partial charge in [-0.15, -0.1) is 0 Å². The van der Waals surface area contributed by atoms with Crippen molar-refractivity contribution >= 4 is 18.0 Å². The molecule has 0 saturated carbocycles. The van der Waals surface area contributed by atoms with Crippen LogP contribution in [0.1, 0.15) is 50.7 Å². The van der Waals surface area contributed by atoms with Crippen LogP contribution in [0.2, 0.25) is 0 Å². The summed E-state index contributed by atoms with van der Waals surface area (Å²) >= 11 is 0. The Labute approximate surface area is 206 Å². The average molecular weight is 483 g/mol. The molecule has 0 aliphatic heterocycles. The smallest absolute Gasteiger partial charge is 0.407 e. The molecule has 0 heterocycles. The summed E-state index contributed by atoms with van der Waals surface area (Å²) in [6, 6.07) is 14.0. The monoisotopic (exact) mass is 482 g/mol.